The Kier molecular flexibility index (Phi) is 6.70. The van der Waals surface area contributed by atoms with Gasteiger partial charge in [-0.25, -0.2) is 8.42 Å². The fourth-order valence-corrected chi connectivity index (χ4v) is 6.45. The van der Waals surface area contributed by atoms with Crippen molar-refractivity contribution in [3.8, 4) is 0 Å². The van der Waals surface area contributed by atoms with E-state index in [-0.39, 0.29) is 11.9 Å². The van der Waals surface area contributed by atoms with Gasteiger partial charge in [-0.2, -0.15) is 4.31 Å². The lowest BCUT2D eigenvalue weighted by Crippen LogP contribution is -2.56. The maximum atomic E-state index is 13.1. The summed E-state index contributed by atoms with van der Waals surface area (Å²) in [6.45, 7) is 13.8. The second-order valence-corrected chi connectivity index (χ2v) is 11.0. The van der Waals surface area contributed by atoms with Crippen LogP contribution in [0, 0.1) is 25.7 Å². The lowest BCUT2D eigenvalue weighted by molar-refractivity contribution is -0.139. The van der Waals surface area contributed by atoms with Gasteiger partial charge in [0.25, 0.3) is 0 Å². The van der Waals surface area contributed by atoms with Crippen LogP contribution in [0.3, 0.4) is 0 Å². The lowest BCUT2D eigenvalue weighted by Gasteiger charge is -2.41. The summed E-state index contributed by atoms with van der Waals surface area (Å²) in [5.41, 5.74) is 1.71. The molecule has 2 heterocycles. The first kappa shape index (κ1) is 22.2. The van der Waals surface area contributed by atoms with Crippen LogP contribution in [-0.2, 0) is 14.8 Å². The largest absolute Gasteiger partial charge is 0.341 e. The van der Waals surface area contributed by atoms with Crippen LogP contribution in [0.5, 0.6) is 0 Å². The molecule has 0 unspecified atom stereocenters. The van der Waals surface area contributed by atoms with Gasteiger partial charge in [-0.15, -0.1) is 0 Å². The Balaban J connectivity index is 1.64. The Hall–Kier alpha value is -1.44. The summed E-state index contributed by atoms with van der Waals surface area (Å²) >= 11 is 0. The highest BCUT2D eigenvalue weighted by atomic mass is 32.2. The molecular formula is C22H35N3O3S. The minimum Gasteiger partial charge on any atom is -0.341 e. The fourth-order valence-electron chi connectivity index (χ4n) is 4.72. The van der Waals surface area contributed by atoms with Crippen LogP contribution in [0.1, 0.15) is 38.3 Å². The summed E-state index contributed by atoms with van der Waals surface area (Å²) in [5, 5.41) is 0. The van der Waals surface area contributed by atoms with Crippen molar-refractivity contribution in [1.82, 2.24) is 14.1 Å². The van der Waals surface area contributed by atoms with Crippen LogP contribution in [0.25, 0.3) is 0 Å². The lowest BCUT2D eigenvalue weighted by atomic mass is 9.91. The molecule has 29 heavy (non-hydrogen) atoms. The van der Waals surface area contributed by atoms with E-state index in [2.05, 4.69) is 18.7 Å². The van der Waals surface area contributed by atoms with Crippen LogP contribution in [0.4, 0.5) is 0 Å². The number of rotatable bonds is 4. The Bertz CT molecular complexity index is 837. The zero-order chi connectivity index (χ0) is 21.3. The molecule has 0 radical (unpaired) electrons. The summed E-state index contributed by atoms with van der Waals surface area (Å²) in [7, 11) is -3.51. The quantitative estimate of drug-likeness (QED) is 0.749. The average Bonchev–Trinajstić information content (AvgIpc) is 2.68. The van der Waals surface area contributed by atoms with Gasteiger partial charge >= 0.3 is 0 Å². The molecule has 1 aromatic carbocycles. The summed E-state index contributed by atoms with van der Waals surface area (Å²) in [6.07, 6.45) is 1.17. The number of piperidine rings is 1. The van der Waals surface area contributed by atoms with Crippen LogP contribution >= 0.6 is 0 Å². The van der Waals surface area contributed by atoms with Crippen molar-refractivity contribution in [3.63, 3.8) is 0 Å². The fraction of sp³-hybridized carbons (Fsp3) is 0.682. The van der Waals surface area contributed by atoms with Crippen molar-refractivity contribution in [2.75, 3.05) is 39.3 Å². The van der Waals surface area contributed by atoms with E-state index in [1.807, 2.05) is 37.8 Å². The number of amides is 1. The van der Waals surface area contributed by atoms with Gasteiger partial charge in [0.05, 0.1) is 10.9 Å². The standard InChI is InChI=1S/C22H35N3O3S/c1-16-6-7-19(4)21(13-16)29(27,28)25-10-8-23(9-11-25)20(5)22(26)24-14-17(2)12-18(3)15-24/h6-7,13,17-18,20H,8-12,14-15H2,1-5H3/t17-,18-,20-/m0/s1. The van der Waals surface area contributed by atoms with Crippen molar-refractivity contribution in [1.29, 1.82) is 0 Å². The maximum absolute atomic E-state index is 13.1. The molecule has 6 nitrogen and oxygen atoms in total. The number of hydrogen-bond acceptors (Lipinski definition) is 4. The molecule has 0 spiro atoms. The molecule has 0 aromatic heterocycles. The number of likely N-dealkylation sites (tertiary alicyclic amines) is 1. The number of aryl methyl sites for hydroxylation is 2. The average molecular weight is 422 g/mol. The monoisotopic (exact) mass is 421 g/mol. The molecule has 0 saturated carbocycles. The Labute approximate surface area is 175 Å². The molecule has 1 aromatic rings. The number of piperazine rings is 1. The molecule has 0 bridgehead atoms. The first-order valence-electron chi connectivity index (χ1n) is 10.7. The number of nitrogens with zero attached hydrogens (tertiary/aromatic N) is 3. The van der Waals surface area contributed by atoms with Crippen LogP contribution in [0.15, 0.2) is 23.1 Å². The van der Waals surface area contributed by atoms with Gasteiger partial charge in [-0.3, -0.25) is 9.69 Å². The predicted octanol–water partition coefficient (Wildman–Crippen LogP) is 2.50. The van der Waals surface area contributed by atoms with Crippen molar-refractivity contribution in [2.24, 2.45) is 11.8 Å². The summed E-state index contributed by atoms with van der Waals surface area (Å²) in [5.74, 6) is 1.25. The number of hydrogen-bond donors (Lipinski definition) is 0. The van der Waals surface area contributed by atoms with Crippen molar-refractivity contribution < 1.29 is 13.2 Å². The van der Waals surface area contributed by atoms with E-state index in [4.69, 9.17) is 0 Å². The number of carbonyl (C=O) groups is 1. The second kappa shape index (κ2) is 8.74. The third-order valence-electron chi connectivity index (χ3n) is 6.32. The van der Waals surface area contributed by atoms with E-state index in [0.29, 0.717) is 42.9 Å². The van der Waals surface area contributed by atoms with E-state index >= 15 is 0 Å². The third-order valence-corrected chi connectivity index (χ3v) is 8.36. The summed E-state index contributed by atoms with van der Waals surface area (Å²) < 4.78 is 27.8. The molecule has 2 aliphatic rings. The van der Waals surface area contributed by atoms with Crippen LogP contribution < -0.4 is 0 Å². The van der Waals surface area contributed by atoms with Gasteiger partial charge in [-0.05, 0) is 56.2 Å². The van der Waals surface area contributed by atoms with Gasteiger partial charge in [0.1, 0.15) is 0 Å². The molecule has 162 valence electrons. The van der Waals surface area contributed by atoms with E-state index in [1.165, 1.54) is 6.42 Å². The summed E-state index contributed by atoms with van der Waals surface area (Å²) in [6, 6.07) is 5.34. The topological polar surface area (TPSA) is 60.9 Å². The molecule has 0 aliphatic carbocycles. The zero-order valence-corrected chi connectivity index (χ0v) is 19.2. The predicted molar refractivity (Wildman–Crippen MR) is 115 cm³/mol. The molecule has 1 amide bonds. The molecule has 7 heteroatoms. The minimum atomic E-state index is -3.51. The number of benzene rings is 1. The Morgan fingerprint density at radius 1 is 1.03 bits per heavy atom. The van der Waals surface area contributed by atoms with E-state index in [9.17, 15) is 13.2 Å². The molecule has 0 N–H and O–H groups in total. The highest BCUT2D eigenvalue weighted by Crippen LogP contribution is 2.25. The molecule has 2 fully saturated rings. The molecule has 2 aliphatic heterocycles. The van der Waals surface area contributed by atoms with Crippen LogP contribution in [0.2, 0.25) is 0 Å². The van der Waals surface area contributed by atoms with E-state index in [0.717, 1.165) is 24.2 Å². The van der Waals surface area contributed by atoms with Crippen molar-refractivity contribution in [3.05, 3.63) is 29.3 Å². The maximum Gasteiger partial charge on any atom is 0.243 e. The van der Waals surface area contributed by atoms with Gasteiger partial charge in [0.15, 0.2) is 0 Å². The van der Waals surface area contributed by atoms with Crippen molar-refractivity contribution in [2.45, 2.75) is 52.0 Å². The highest BCUT2D eigenvalue weighted by molar-refractivity contribution is 7.89. The second-order valence-electron chi connectivity index (χ2n) is 9.07. The van der Waals surface area contributed by atoms with Gasteiger partial charge in [0.2, 0.25) is 15.9 Å². The number of sulfonamides is 1. The minimum absolute atomic E-state index is 0.175. The van der Waals surface area contributed by atoms with Crippen molar-refractivity contribution >= 4 is 15.9 Å². The zero-order valence-electron chi connectivity index (χ0n) is 18.4. The van der Waals surface area contributed by atoms with E-state index in [1.54, 1.807) is 10.4 Å². The van der Waals surface area contributed by atoms with Gasteiger partial charge in [0, 0.05) is 39.3 Å². The smallest absolute Gasteiger partial charge is 0.243 e. The molecule has 2 saturated heterocycles. The van der Waals surface area contributed by atoms with Crippen LogP contribution in [-0.4, -0.2) is 73.7 Å². The third kappa shape index (κ3) is 4.84. The van der Waals surface area contributed by atoms with Gasteiger partial charge < -0.3 is 4.90 Å². The molecule has 3 rings (SSSR count). The Morgan fingerprint density at radius 2 is 1.62 bits per heavy atom. The highest BCUT2D eigenvalue weighted by Gasteiger charge is 2.35. The van der Waals surface area contributed by atoms with Gasteiger partial charge in [-0.1, -0.05) is 26.0 Å². The molecule has 3 atom stereocenters. The molecular weight excluding hydrogens is 386 g/mol. The summed E-state index contributed by atoms with van der Waals surface area (Å²) in [4.78, 5) is 17.5. The first-order valence-corrected chi connectivity index (χ1v) is 12.1. The van der Waals surface area contributed by atoms with E-state index < -0.39 is 10.0 Å². The normalized spacial score (nSPS) is 25.8. The first-order chi connectivity index (χ1) is 13.6. The number of carbonyl (C=O) groups excluding carboxylic acids is 1. The Morgan fingerprint density at radius 3 is 2.21 bits per heavy atom. The SMILES string of the molecule is Cc1ccc(C)c(S(=O)(=O)N2CCN([C@@H](C)C(=O)N3C[C@@H](C)C[C@H](C)C3)CC2)c1.